The molecule has 0 saturated heterocycles. The van der Waals surface area contributed by atoms with E-state index in [-0.39, 0.29) is 44.9 Å². The highest BCUT2D eigenvalue weighted by Gasteiger charge is 2.39. The standard InChI is InChI=1S/C58H69N2O9P/c1-47(2)60(48(3)4)70(61)69-56(35-36-59)68-55(45-64-39-37-62-41-43-66-57(49-23-11-5-12-24-49,50-25-13-6-14-26-50)51-27-15-7-16-28-51)46-65-40-38-63-42-44-67-58(52-29-17-8-18-30-52,53-31-19-9-20-32-53)54-33-21-10-22-34-54/h5-34,47-48,55-56,61H,35,37-46H2,1-4H3. The van der Waals surface area contributed by atoms with Gasteiger partial charge in [-0.25, -0.2) is 4.67 Å². The Balaban J connectivity index is 1.02. The predicted molar refractivity (Wildman–Crippen MR) is 275 cm³/mol. The number of hydrogen-bond acceptors (Lipinski definition) is 11. The minimum Gasteiger partial charge on any atom is -0.377 e. The van der Waals surface area contributed by atoms with Crippen molar-refractivity contribution in [3.8, 4) is 6.07 Å². The summed E-state index contributed by atoms with van der Waals surface area (Å²) < 4.78 is 52.1. The van der Waals surface area contributed by atoms with Gasteiger partial charge in [0, 0.05) is 12.1 Å². The third-order valence-corrected chi connectivity index (χ3v) is 13.3. The number of nitriles is 1. The van der Waals surface area contributed by atoms with Crippen molar-refractivity contribution in [1.29, 1.82) is 5.26 Å². The molecule has 0 aromatic heterocycles. The number of ether oxygens (including phenoxy) is 7. The second-order valence-electron chi connectivity index (χ2n) is 17.1. The predicted octanol–water partition coefficient (Wildman–Crippen LogP) is 11.0. The summed E-state index contributed by atoms with van der Waals surface area (Å²) in [5, 5.41) is 9.73. The van der Waals surface area contributed by atoms with Gasteiger partial charge < -0.3 is 38.1 Å². The summed E-state index contributed by atoms with van der Waals surface area (Å²) in [6, 6.07) is 63.6. The highest BCUT2D eigenvalue weighted by atomic mass is 31.2. The van der Waals surface area contributed by atoms with E-state index in [1.54, 1.807) is 0 Å². The Bertz CT molecular complexity index is 2000. The molecule has 0 aliphatic heterocycles. The molecule has 2 unspecified atom stereocenters. The minimum atomic E-state index is -2.05. The van der Waals surface area contributed by atoms with Gasteiger partial charge in [-0.3, -0.25) is 4.52 Å². The molecule has 0 spiro atoms. The molecule has 11 nitrogen and oxygen atoms in total. The van der Waals surface area contributed by atoms with Crippen molar-refractivity contribution < 1.29 is 42.6 Å². The van der Waals surface area contributed by atoms with Crippen LogP contribution in [-0.2, 0) is 48.9 Å². The lowest BCUT2D eigenvalue weighted by Crippen LogP contribution is -2.36. The third-order valence-electron chi connectivity index (χ3n) is 11.6. The molecule has 12 heteroatoms. The lowest BCUT2D eigenvalue weighted by atomic mass is 9.80. The fourth-order valence-electron chi connectivity index (χ4n) is 8.59. The second kappa shape index (κ2) is 29.2. The largest absolute Gasteiger partial charge is 0.377 e. The van der Waals surface area contributed by atoms with Crippen LogP contribution in [-0.4, -0.2) is 100 Å². The number of nitrogens with zero attached hydrogens (tertiary/aromatic N) is 2. The van der Waals surface area contributed by atoms with Crippen LogP contribution in [0.15, 0.2) is 182 Å². The third kappa shape index (κ3) is 15.2. The van der Waals surface area contributed by atoms with Crippen molar-refractivity contribution in [1.82, 2.24) is 4.67 Å². The van der Waals surface area contributed by atoms with Crippen LogP contribution in [0.25, 0.3) is 0 Å². The topological polar surface area (TPSA) is 121 Å². The summed E-state index contributed by atoms with van der Waals surface area (Å²) in [6.07, 6.45) is -1.75. The fourth-order valence-corrected chi connectivity index (χ4v) is 9.82. The summed E-state index contributed by atoms with van der Waals surface area (Å²) in [4.78, 5) is 11.1. The molecule has 0 saturated carbocycles. The van der Waals surface area contributed by atoms with Crippen LogP contribution in [0.2, 0.25) is 0 Å². The van der Waals surface area contributed by atoms with E-state index in [1.165, 1.54) is 0 Å². The lowest BCUT2D eigenvalue weighted by molar-refractivity contribution is -0.159. The molecule has 6 aromatic rings. The van der Waals surface area contributed by atoms with Crippen molar-refractivity contribution in [3.05, 3.63) is 215 Å². The Morgan fingerprint density at radius 3 is 1.03 bits per heavy atom. The van der Waals surface area contributed by atoms with E-state index in [0.29, 0.717) is 39.6 Å². The number of rotatable bonds is 32. The van der Waals surface area contributed by atoms with Crippen LogP contribution in [0, 0.1) is 11.3 Å². The first-order valence-corrected chi connectivity index (χ1v) is 25.3. The van der Waals surface area contributed by atoms with Gasteiger partial charge in [0.25, 0.3) is 8.53 Å². The smallest absolute Gasteiger partial charge is 0.258 e. The van der Waals surface area contributed by atoms with Gasteiger partial charge in [-0.15, -0.1) is 0 Å². The molecule has 70 heavy (non-hydrogen) atoms. The molecule has 6 aromatic carbocycles. The first-order chi connectivity index (χ1) is 34.3. The molecule has 0 bridgehead atoms. The number of hydrogen-bond donors (Lipinski definition) is 1. The van der Waals surface area contributed by atoms with E-state index < -0.39 is 32.1 Å². The van der Waals surface area contributed by atoms with Crippen LogP contribution in [0.1, 0.15) is 67.5 Å². The summed E-state index contributed by atoms with van der Waals surface area (Å²) in [7, 11) is -2.05. The molecule has 370 valence electrons. The van der Waals surface area contributed by atoms with Gasteiger partial charge in [-0.1, -0.05) is 182 Å². The lowest BCUT2D eigenvalue weighted by Gasteiger charge is -2.36. The molecular weight excluding hydrogens is 900 g/mol. The van der Waals surface area contributed by atoms with Gasteiger partial charge in [0.2, 0.25) is 0 Å². The van der Waals surface area contributed by atoms with E-state index in [9.17, 15) is 10.2 Å². The summed E-state index contributed by atoms with van der Waals surface area (Å²) >= 11 is 0. The maximum Gasteiger partial charge on any atom is 0.258 e. The summed E-state index contributed by atoms with van der Waals surface area (Å²) in [6.45, 7) is 10.7. The van der Waals surface area contributed by atoms with E-state index >= 15 is 0 Å². The fraction of sp³-hybridized carbons (Fsp3) is 0.362. The first kappa shape index (κ1) is 54.2. The molecule has 0 aliphatic carbocycles. The molecule has 0 radical (unpaired) electrons. The van der Waals surface area contributed by atoms with Crippen LogP contribution < -0.4 is 0 Å². The minimum absolute atomic E-state index is 0.00924. The monoisotopic (exact) mass is 968 g/mol. The van der Waals surface area contributed by atoms with E-state index in [0.717, 1.165) is 33.4 Å². The van der Waals surface area contributed by atoms with E-state index in [2.05, 4.69) is 78.9 Å². The van der Waals surface area contributed by atoms with Crippen molar-refractivity contribution in [3.63, 3.8) is 0 Å². The van der Waals surface area contributed by atoms with Crippen LogP contribution in [0.3, 0.4) is 0 Å². The van der Waals surface area contributed by atoms with Gasteiger partial charge >= 0.3 is 0 Å². The molecule has 0 aliphatic rings. The van der Waals surface area contributed by atoms with Crippen molar-refractivity contribution >= 4 is 8.53 Å². The average Bonchev–Trinajstić information content (AvgIpc) is 3.39. The molecular formula is C58H69N2O9P. The van der Waals surface area contributed by atoms with E-state index in [4.69, 9.17) is 37.7 Å². The maximum absolute atomic E-state index is 11.1. The zero-order chi connectivity index (χ0) is 49.3. The Kier molecular flexibility index (Phi) is 22.6. The zero-order valence-corrected chi connectivity index (χ0v) is 41.9. The van der Waals surface area contributed by atoms with Crippen LogP contribution in [0.4, 0.5) is 0 Å². The van der Waals surface area contributed by atoms with Gasteiger partial charge in [0.1, 0.15) is 17.3 Å². The highest BCUT2D eigenvalue weighted by Crippen LogP contribution is 2.43. The molecule has 2 atom stereocenters. The molecule has 0 amide bonds. The van der Waals surface area contributed by atoms with Crippen LogP contribution >= 0.6 is 8.53 Å². The van der Waals surface area contributed by atoms with Gasteiger partial charge in [-0.2, -0.15) is 5.26 Å². The van der Waals surface area contributed by atoms with E-state index in [1.807, 2.05) is 142 Å². The summed E-state index contributed by atoms with van der Waals surface area (Å²) in [5.41, 5.74) is 4.43. The second-order valence-corrected chi connectivity index (χ2v) is 18.3. The Morgan fingerprint density at radius 1 is 0.457 bits per heavy atom. The van der Waals surface area contributed by atoms with Crippen molar-refractivity contribution in [2.24, 2.45) is 0 Å². The Hall–Kier alpha value is -5.16. The molecule has 0 fully saturated rings. The van der Waals surface area contributed by atoms with Crippen LogP contribution in [0.5, 0.6) is 0 Å². The molecule has 1 N–H and O–H groups in total. The first-order valence-electron chi connectivity index (χ1n) is 24.2. The van der Waals surface area contributed by atoms with Gasteiger partial charge in [0.15, 0.2) is 6.29 Å². The zero-order valence-electron chi connectivity index (χ0n) is 41.0. The quantitative estimate of drug-likeness (QED) is 0.0188. The molecule has 0 heterocycles. The maximum atomic E-state index is 11.1. The van der Waals surface area contributed by atoms with Gasteiger partial charge in [0.05, 0.1) is 78.6 Å². The Morgan fingerprint density at radius 2 is 0.743 bits per heavy atom. The normalized spacial score (nSPS) is 13.0. The average molecular weight is 969 g/mol. The Labute approximate surface area is 416 Å². The van der Waals surface area contributed by atoms with Crippen molar-refractivity contribution in [2.75, 3.05) is 66.1 Å². The summed E-state index contributed by atoms with van der Waals surface area (Å²) in [5.74, 6) is 0. The van der Waals surface area contributed by atoms with Crippen molar-refractivity contribution in [2.45, 2.75) is 69.8 Å². The molecule has 6 rings (SSSR count). The SMILES string of the molecule is CC(C)N(C(C)C)P(O)OC(CC#N)OC(COCCOCCOC(c1ccccc1)(c1ccccc1)c1ccccc1)COCCOCCOC(c1ccccc1)(c1ccccc1)c1ccccc1. The van der Waals surface area contributed by atoms with Gasteiger partial charge in [-0.05, 0) is 61.1 Å². The highest BCUT2D eigenvalue weighted by molar-refractivity contribution is 7.43. The number of benzene rings is 6.